The number of hydrogen-bond donors (Lipinski definition) is 2. The molecule has 0 fully saturated rings. The van der Waals surface area contributed by atoms with Gasteiger partial charge in [-0.15, -0.1) is 0 Å². The summed E-state index contributed by atoms with van der Waals surface area (Å²) in [6.45, 7) is 6.71. The Morgan fingerprint density at radius 1 is 1.17 bits per heavy atom. The van der Waals surface area contributed by atoms with E-state index in [2.05, 4.69) is 25.2 Å². The summed E-state index contributed by atoms with van der Waals surface area (Å²) in [6, 6.07) is 8.13. The first-order valence-corrected chi connectivity index (χ1v) is 8.76. The predicted molar refractivity (Wildman–Crippen MR) is 93.9 cm³/mol. The molecule has 4 nitrogen and oxygen atoms in total. The van der Waals surface area contributed by atoms with E-state index in [4.69, 9.17) is 4.98 Å². The predicted octanol–water partition coefficient (Wildman–Crippen LogP) is 1.98. The van der Waals surface area contributed by atoms with Gasteiger partial charge in [0.25, 0.3) is 5.91 Å². The normalized spacial score (nSPS) is 14.0. The van der Waals surface area contributed by atoms with Crippen molar-refractivity contribution in [3.05, 3.63) is 35.5 Å². The second-order valence-electron chi connectivity index (χ2n) is 6.32. The molecule has 1 aliphatic carbocycles. The minimum atomic E-state index is 0.104. The minimum Gasteiger partial charge on any atom is -0.328 e. The van der Waals surface area contributed by atoms with Crippen molar-refractivity contribution >= 4 is 22.5 Å². The third-order valence-electron chi connectivity index (χ3n) is 4.84. The van der Waals surface area contributed by atoms with Crippen LogP contribution >= 0.6 is 0 Å². The number of aromatic nitrogens is 1. The number of aryl methyl sites for hydroxylation is 1. The topological polar surface area (TPSA) is 46.4 Å². The molecule has 1 aromatic heterocycles. The highest BCUT2D eigenvalue weighted by atomic mass is 16.2. The van der Waals surface area contributed by atoms with Crippen LogP contribution in [-0.2, 0) is 17.6 Å². The van der Waals surface area contributed by atoms with Gasteiger partial charge in [0.15, 0.2) is 6.54 Å². The van der Waals surface area contributed by atoms with Crippen LogP contribution in [0.15, 0.2) is 24.3 Å². The highest BCUT2D eigenvalue weighted by molar-refractivity contribution is 6.02. The van der Waals surface area contributed by atoms with Crippen molar-refractivity contribution in [1.29, 1.82) is 0 Å². The van der Waals surface area contributed by atoms with E-state index in [1.54, 1.807) is 0 Å². The zero-order chi connectivity index (χ0) is 16.2. The molecule has 1 aliphatic rings. The molecule has 0 radical (unpaired) electrons. The van der Waals surface area contributed by atoms with Crippen molar-refractivity contribution in [3.63, 3.8) is 0 Å². The van der Waals surface area contributed by atoms with Crippen LogP contribution in [0.3, 0.4) is 0 Å². The summed E-state index contributed by atoms with van der Waals surface area (Å²) in [5.41, 5.74) is 4.40. The first-order chi connectivity index (χ1) is 11.2. The summed E-state index contributed by atoms with van der Waals surface area (Å²) in [4.78, 5) is 18.6. The summed E-state index contributed by atoms with van der Waals surface area (Å²) in [5, 5.41) is 4.28. The van der Waals surface area contributed by atoms with E-state index in [9.17, 15) is 4.79 Å². The van der Waals surface area contributed by atoms with Crippen LogP contribution in [0.5, 0.6) is 0 Å². The van der Waals surface area contributed by atoms with Gasteiger partial charge in [0.2, 0.25) is 0 Å². The maximum atomic E-state index is 12.5. The molecule has 23 heavy (non-hydrogen) atoms. The summed E-state index contributed by atoms with van der Waals surface area (Å²) in [7, 11) is 0. The number of benzene rings is 1. The summed E-state index contributed by atoms with van der Waals surface area (Å²) in [5.74, 6) is 0.104. The molecule has 0 atom stereocenters. The van der Waals surface area contributed by atoms with E-state index < -0.39 is 0 Å². The highest BCUT2D eigenvalue weighted by Gasteiger charge is 2.20. The molecular weight excluding hydrogens is 286 g/mol. The third kappa shape index (κ3) is 3.37. The second-order valence-corrected chi connectivity index (χ2v) is 6.32. The van der Waals surface area contributed by atoms with Gasteiger partial charge in [-0.25, -0.2) is 0 Å². The first-order valence-electron chi connectivity index (χ1n) is 8.76. The maximum Gasteiger partial charge on any atom is 0.279 e. The molecule has 0 saturated heterocycles. The highest BCUT2D eigenvalue weighted by Crippen LogP contribution is 2.33. The quantitative estimate of drug-likeness (QED) is 0.887. The van der Waals surface area contributed by atoms with E-state index in [0.29, 0.717) is 6.54 Å². The molecule has 122 valence electrons. The van der Waals surface area contributed by atoms with Crippen molar-refractivity contribution < 1.29 is 9.69 Å². The summed E-state index contributed by atoms with van der Waals surface area (Å²) < 4.78 is 0. The van der Waals surface area contributed by atoms with Crippen LogP contribution in [0.4, 0.5) is 5.69 Å². The van der Waals surface area contributed by atoms with Gasteiger partial charge in [-0.05, 0) is 51.2 Å². The van der Waals surface area contributed by atoms with Crippen molar-refractivity contribution in [2.24, 2.45) is 0 Å². The van der Waals surface area contributed by atoms with Gasteiger partial charge >= 0.3 is 0 Å². The number of carbonyl (C=O) groups is 1. The zero-order valence-corrected chi connectivity index (χ0v) is 14.1. The molecular formula is C19H26N3O+. The molecule has 0 bridgehead atoms. The van der Waals surface area contributed by atoms with Gasteiger partial charge in [0.05, 0.1) is 24.3 Å². The molecule has 0 unspecified atom stereocenters. The standard InChI is InChI=1S/C19H25N3O/c1-3-22(4-2)13-18(23)21-19-14-9-5-7-11-16(14)20-17-12-8-6-10-15(17)19/h5,7,9,11H,3-4,6,8,10,12-13H2,1-2H3,(H,20,21,23)/p+1. The Morgan fingerprint density at radius 3 is 2.70 bits per heavy atom. The minimum absolute atomic E-state index is 0.104. The number of quaternary nitrogens is 1. The van der Waals surface area contributed by atoms with Gasteiger partial charge in [0.1, 0.15) is 0 Å². The average molecular weight is 312 g/mol. The monoisotopic (exact) mass is 312 g/mol. The third-order valence-corrected chi connectivity index (χ3v) is 4.84. The van der Waals surface area contributed by atoms with E-state index in [-0.39, 0.29) is 5.91 Å². The largest absolute Gasteiger partial charge is 0.328 e. The van der Waals surface area contributed by atoms with Crippen molar-refractivity contribution in [1.82, 2.24) is 4.98 Å². The molecule has 4 heteroatoms. The summed E-state index contributed by atoms with van der Waals surface area (Å²) in [6.07, 6.45) is 4.40. The van der Waals surface area contributed by atoms with Gasteiger partial charge in [-0.2, -0.15) is 0 Å². The number of pyridine rings is 1. The lowest BCUT2D eigenvalue weighted by Crippen LogP contribution is -3.12. The van der Waals surface area contributed by atoms with Crippen LogP contribution < -0.4 is 10.2 Å². The Morgan fingerprint density at radius 2 is 1.91 bits per heavy atom. The molecule has 0 saturated carbocycles. The van der Waals surface area contributed by atoms with E-state index in [1.807, 2.05) is 18.2 Å². The molecule has 1 amide bonds. The number of likely N-dealkylation sites (N-methyl/N-ethyl adjacent to an activating group) is 1. The van der Waals surface area contributed by atoms with E-state index in [0.717, 1.165) is 42.5 Å². The molecule has 3 rings (SSSR count). The van der Waals surface area contributed by atoms with Crippen LogP contribution in [-0.4, -0.2) is 30.5 Å². The zero-order valence-electron chi connectivity index (χ0n) is 14.1. The lowest BCUT2D eigenvalue weighted by Gasteiger charge is -2.22. The van der Waals surface area contributed by atoms with Crippen molar-refractivity contribution in [3.8, 4) is 0 Å². The Kier molecular flexibility index (Phi) is 4.91. The fraction of sp³-hybridized carbons (Fsp3) is 0.474. The lowest BCUT2D eigenvalue weighted by atomic mass is 9.92. The van der Waals surface area contributed by atoms with Crippen LogP contribution in [0.2, 0.25) is 0 Å². The molecule has 0 spiro atoms. The number of hydrogen-bond acceptors (Lipinski definition) is 2. The number of amides is 1. The first kappa shape index (κ1) is 15.9. The second kappa shape index (κ2) is 7.09. The number of rotatable bonds is 5. The van der Waals surface area contributed by atoms with E-state index >= 15 is 0 Å². The summed E-state index contributed by atoms with van der Waals surface area (Å²) >= 11 is 0. The fourth-order valence-corrected chi connectivity index (χ4v) is 3.43. The molecule has 1 heterocycles. The van der Waals surface area contributed by atoms with Gasteiger partial charge < -0.3 is 10.2 Å². The van der Waals surface area contributed by atoms with Gasteiger partial charge in [-0.3, -0.25) is 9.78 Å². The smallest absolute Gasteiger partial charge is 0.279 e. The maximum absolute atomic E-state index is 12.5. The van der Waals surface area contributed by atoms with Crippen LogP contribution in [0, 0.1) is 0 Å². The number of carbonyl (C=O) groups excluding carboxylic acids is 1. The number of para-hydroxylation sites is 1. The molecule has 1 aromatic carbocycles. The SMILES string of the molecule is CC[NH+](CC)CC(=O)Nc1c2c(nc3ccccc13)CCCC2. The molecule has 0 aliphatic heterocycles. The Bertz CT molecular complexity index is 707. The number of fused-ring (bicyclic) bond motifs is 2. The van der Waals surface area contributed by atoms with Gasteiger partial charge in [-0.1, -0.05) is 18.2 Å². The van der Waals surface area contributed by atoms with Crippen molar-refractivity contribution in [2.75, 3.05) is 25.0 Å². The lowest BCUT2D eigenvalue weighted by molar-refractivity contribution is -0.888. The van der Waals surface area contributed by atoms with E-state index in [1.165, 1.54) is 29.0 Å². The van der Waals surface area contributed by atoms with Crippen LogP contribution in [0.1, 0.15) is 37.9 Å². The van der Waals surface area contributed by atoms with Gasteiger partial charge in [0, 0.05) is 11.1 Å². The fourth-order valence-electron chi connectivity index (χ4n) is 3.43. The molecule has 2 N–H and O–H groups in total. The number of nitrogens with zero attached hydrogens (tertiary/aromatic N) is 1. The molecule has 2 aromatic rings. The number of nitrogens with one attached hydrogen (secondary N) is 2. The van der Waals surface area contributed by atoms with Crippen LogP contribution in [0.25, 0.3) is 10.9 Å². The average Bonchev–Trinajstić information content (AvgIpc) is 2.59. The Hall–Kier alpha value is -1.94. The Balaban J connectivity index is 1.96. The number of anilines is 1. The van der Waals surface area contributed by atoms with Crippen molar-refractivity contribution in [2.45, 2.75) is 39.5 Å². The Labute approximate surface area is 137 Å².